The fourth-order valence-corrected chi connectivity index (χ4v) is 11.2. The molecule has 2 bridgehead atoms. The number of methoxy groups -OCH3 is 1. The first-order valence-corrected chi connectivity index (χ1v) is 24.2. The van der Waals surface area contributed by atoms with E-state index in [1.165, 1.54) is 45.3 Å². The molecule has 5 rings (SSSR count). The number of aryl methyl sites for hydroxylation is 1. The van der Waals surface area contributed by atoms with Crippen molar-refractivity contribution < 1.29 is 45.0 Å². The second kappa shape index (κ2) is 22.9. The van der Waals surface area contributed by atoms with Crippen LogP contribution < -0.4 is 0 Å². The Morgan fingerprint density at radius 3 is 1.71 bits per heavy atom. The number of rotatable bonds is 21. The van der Waals surface area contributed by atoms with Gasteiger partial charge in [-0.05, 0) is 74.2 Å². The van der Waals surface area contributed by atoms with Gasteiger partial charge in [-0.25, -0.2) is 4.79 Å². The first-order valence-electron chi connectivity index (χ1n) is 21.3. The molecule has 322 valence electrons. The first-order chi connectivity index (χ1) is 27.7. The molecule has 0 saturated carbocycles. The van der Waals surface area contributed by atoms with E-state index in [1.807, 2.05) is 13.1 Å². The van der Waals surface area contributed by atoms with Crippen molar-refractivity contribution in [3.8, 4) is 0 Å². The number of unbranched alkanes of at least 4 members (excludes halogenated alkanes) is 12. The Morgan fingerprint density at radius 2 is 1.17 bits per heavy atom. The summed E-state index contributed by atoms with van der Waals surface area (Å²) in [5.41, 5.74) is 1.62. The van der Waals surface area contributed by atoms with E-state index in [0.717, 1.165) is 69.8 Å². The molecule has 4 atom stereocenters. The molecule has 2 N–H and O–H groups in total. The lowest BCUT2D eigenvalue weighted by atomic mass is 9.87. The van der Waals surface area contributed by atoms with Crippen molar-refractivity contribution in [1.82, 2.24) is 4.90 Å². The highest BCUT2D eigenvalue weighted by Gasteiger charge is 2.51. The number of nitrogens with zero attached hydrogens (tertiary/aromatic N) is 1. The Kier molecular flexibility index (Phi) is 18.6. The summed E-state index contributed by atoms with van der Waals surface area (Å²) < 4.78 is 80.9. The minimum atomic E-state index is -4.91. The zero-order chi connectivity index (χ0) is 42.3. The van der Waals surface area contributed by atoms with Crippen molar-refractivity contribution in [2.45, 2.75) is 164 Å². The fourth-order valence-electron chi connectivity index (χ4n) is 8.87. The third-order valence-electron chi connectivity index (χ3n) is 11.9. The molecule has 3 aromatic rings. The van der Waals surface area contributed by atoms with Gasteiger partial charge >= 0.3 is 11.9 Å². The van der Waals surface area contributed by atoms with E-state index in [0.29, 0.717) is 48.2 Å². The molecular weight excluding hydrogens is 779 g/mol. The van der Waals surface area contributed by atoms with E-state index in [1.54, 1.807) is 42.5 Å². The third kappa shape index (κ3) is 12.8. The molecule has 2 heterocycles. The predicted molar refractivity (Wildman–Crippen MR) is 227 cm³/mol. The normalized spacial score (nSPS) is 19.4. The highest BCUT2D eigenvalue weighted by molar-refractivity contribution is 7.89. The van der Waals surface area contributed by atoms with E-state index in [2.05, 4.69) is 18.7 Å². The molecular formula is C45H65NO10S2. The van der Waals surface area contributed by atoms with Gasteiger partial charge in [0.2, 0.25) is 0 Å². The molecule has 2 unspecified atom stereocenters. The van der Waals surface area contributed by atoms with E-state index < -0.39 is 42.0 Å². The average molecular weight is 844 g/mol. The Bertz CT molecular complexity index is 2000. The molecule has 2 aliphatic rings. The van der Waals surface area contributed by atoms with Gasteiger partial charge in [-0.1, -0.05) is 133 Å². The van der Waals surface area contributed by atoms with Crippen LogP contribution in [-0.4, -0.2) is 75.1 Å². The topological polar surface area (TPSA) is 165 Å². The largest absolute Gasteiger partial charge is 0.469 e. The van der Waals surface area contributed by atoms with Crippen molar-refractivity contribution in [1.29, 1.82) is 0 Å². The maximum absolute atomic E-state index is 12.6. The smallest absolute Gasteiger partial charge is 0.338 e. The highest BCUT2D eigenvalue weighted by atomic mass is 32.2. The second-order valence-electron chi connectivity index (χ2n) is 15.9. The second-order valence-corrected chi connectivity index (χ2v) is 18.6. The zero-order valence-corrected chi connectivity index (χ0v) is 36.5. The van der Waals surface area contributed by atoms with Crippen LogP contribution in [0.25, 0.3) is 10.8 Å². The monoisotopic (exact) mass is 843 g/mol. The van der Waals surface area contributed by atoms with Gasteiger partial charge in [-0.2, -0.15) is 16.8 Å². The summed E-state index contributed by atoms with van der Waals surface area (Å²) in [7, 11) is -6.38. The number of carbonyl (C=O) groups excluding carboxylic acids is 2. The SMILES string of the molecule is CCCCCCCCCc1c(S(=O)(=O)O)c(S(=O)(=O)O)c2ccccc2c1CCCCCCCCC.COC(=O)C1C(OC(=O)c2ccccc2)C[C@H]2CC[C@H]1N2C. The van der Waals surface area contributed by atoms with Crippen LogP contribution in [0, 0.1) is 5.92 Å². The molecule has 2 fully saturated rings. The molecule has 2 aliphatic heterocycles. The number of carbonyl (C=O) groups is 2. The molecule has 0 aliphatic carbocycles. The lowest BCUT2D eigenvalue weighted by molar-refractivity contribution is -0.156. The number of fused-ring (bicyclic) bond motifs is 3. The summed E-state index contributed by atoms with van der Waals surface area (Å²) in [6.07, 6.45) is 18.1. The van der Waals surface area contributed by atoms with Crippen LogP contribution in [0.2, 0.25) is 0 Å². The zero-order valence-electron chi connectivity index (χ0n) is 34.9. The van der Waals surface area contributed by atoms with Crippen molar-refractivity contribution in [3.05, 3.63) is 71.3 Å². The van der Waals surface area contributed by atoms with Crippen LogP contribution in [0.15, 0.2) is 64.4 Å². The molecule has 2 saturated heterocycles. The van der Waals surface area contributed by atoms with Crippen LogP contribution in [0.4, 0.5) is 0 Å². The number of benzene rings is 3. The van der Waals surface area contributed by atoms with Gasteiger partial charge in [-0.3, -0.25) is 18.8 Å². The van der Waals surface area contributed by atoms with Crippen molar-refractivity contribution in [2.24, 2.45) is 5.92 Å². The number of hydrogen-bond acceptors (Lipinski definition) is 9. The van der Waals surface area contributed by atoms with Crippen molar-refractivity contribution >= 4 is 42.9 Å². The van der Waals surface area contributed by atoms with E-state index in [-0.39, 0.29) is 23.4 Å². The quantitative estimate of drug-likeness (QED) is 0.0596. The lowest BCUT2D eigenvalue weighted by Gasteiger charge is -2.40. The van der Waals surface area contributed by atoms with E-state index >= 15 is 0 Å². The van der Waals surface area contributed by atoms with Gasteiger partial charge in [0.1, 0.15) is 21.8 Å². The minimum absolute atomic E-state index is 0.0970. The standard InChI is InChI=1S/C28H44O6S2.C17H21NO4/c1-3-5-7-9-11-13-15-19-23-24-20-17-18-22-26(24)28(36(32,33)34)27(35(29,30)31)25(23)21-16-14-12-10-8-6-4-2;1-18-12-8-9-13(18)15(17(20)21-2)14(10-12)22-16(19)11-6-4-3-5-7-11/h17-18,20,22H,3-16,19,21H2,1-2H3,(H,29,30,31)(H,32,33,34);3-7,12-15H,8-10H2,1-2H3/t;12-,13-,14?,15?/m.1/s1. The van der Waals surface area contributed by atoms with Gasteiger partial charge in [0.15, 0.2) is 0 Å². The third-order valence-corrected chi connectivity index (χ3v) is 13.9. The number of ether oxygens (including phenoxy) is 2. The Labute approximate surface area is 346 Å². The van der Waals surface area contributed by atoms with Crippen LogP contribution in [-0.2, 0) is 47.3 Å². The molecule has 0 radical (unpaired) electrons. The molecule has 0 spiro atoms. The van der Waals surface area contributed by atoms with Gasteiger partial charge in [0.05, 0.1) is 12.7 Å². The van der Waals surface area contributed by atoms with Crippen LogP contribution in [0.5, 0.6) is 0 Å². The first kappa shape index (κ1) is 47.3. The van der Waals surface area contributed by atoms with Crippen LogP contribution in [0.1, 0.15) is 144 Å². The average Bonchev–Trinajstić information content (AvgIpc) is 3.42. The summed E-state index contributed by atoms with van der Waals surface area (Å²) in [4.78, 5) is 25.4. The molecule has 58 heavy (non-hydrogen) atoms. The maximum Gasteiger partial charge on any atom is 0.338 e. The summed E-state index contributed by atoms with van der Waals surface area (Å²) in [5.74, 6) is -1.06. The maximum atomic E-state index is 12.6. The summed E-state index contributed by atoms with van der Waals surface area (Å²) in [6.45, 7) is 4.34. The number of hydrogen-bond donors (Lipinski definition) is 2. The Balaban J connectivity index is 0.000000287. The number of esters is 2. The van der Waals surface area contributed by atoms with Crippen molar-refractivity contribution in [3.63, 3.8) is 0 Å². The Hall–Kier alpha value is -3.36. The molecule has 0 aromatic heterocycles. The molecule has 3 aromatic carbocycles. The van der Waals surface area contributed by atoms with Crippen molar-refractivity contribution in [2.75, 3.05) is 14.2 Å². The Morgan fingerprint density at radius 1 is 0.672 bits per heavy atom. The molecule has 11 nitrogen and oxygen atoms in total. The van der Waals surface area contributed by atoms with Gasteiger partial charge in [0.25, 0.3) is 20.2 Å². The van der Waals surface area contributed by atoms with Gasteiger partial charge in [-0.15, -0.1) is 0 Å². The highest BCUT2D eigenvalue weighted by Crippen LogP contribution is 2.41. The summed E-state index contributed by atoms with van der Waals surface area (Å²) in [6, 6.07) is 16.0. The van der Waals surface area contributed by atoms with E-state index in [4.69, 9.17) is 9.47 Å². The number of piperidine rings is 1. The lowest BCUT2D eigenvalue weighted by Crippen LogP contribution is -2.53. The van der Waals surface area contributed by atoms with Crippen LogP contribution in [0.3, 0.4) is 0 Å². The predicted octanol–water partition coefficient (Wildman–Crippen LogP) is 9.79. The van der Waals surface area contributed by atoms with E-state index in [9.17, 15) is 35.5 Å². The minimum Gasteiger partial charge on any atom is -0.469 e. The van der Waals surface area contributed by atoms with Gasteiger partial charge < -0.3 is 9.47 Å². The summed E-state index contributed by atoms with van der Waals surface area (Å²) >= 11 is 0. The molecule has 0 amide bonds. The fraction of sp³-hybridized carbons (Fsp3) is 0.600. The van der Waals surface area contributed by atoms with Gasteiger partial charge in [0, 0.05) is 23.9 Å². The van der Waals surface area contributed by atoms with Crippen LogP contribution >= 0.6 is 0 Å². The summed E-state index contributed by atoms with van der Waals surface area (Å²) in [5, 5.41) is 0.760. The molecule has 13 heteroatoms.